The Morgan fingerprint density at radius 1 is 1.29 bits per heavy atom. The number of ether oxygens (including phenoxy) is 1. The first-order valence-electron chi connectivity index (χ1n) is 6.45. The van der Waals surface area contributed by atoms with Crippen molar-refractivity contribution in [1.82, 2.24) is 4.90 Å². The lowest BCUT2D eigenvalue weighted by molar-refractivity contribution is 0.0350. The van der Waals surface area contributed by atoms with Gasteiger partial charge in [-0.3, -0.25) is 4.90 Å². The fourth-order valence-electron chi connectivity index (χ4n) is 2.96. The smallest absolute Gasteiger partial charge is 0.115 e. The highest BCUT2D eigenvalue weighted by molar-refractivity contribution is 5.40. The standard InChI is InChI=1S/C14H19NO2/c16-13-4-3-11-1-2-12(14(11)9-13)10-15-5-7-17-8-6-15/h3-4,9,12,16H,1-2,5-8,10H2. The van der Waals surface area contributed by atoms with E-state index in [0.717, 1.165) is 39.3 Å². The van der Waals surface area contributed by atoms with Crippen LogP contribution in [0, 0.1) is 0 Å². The Morgan fingerprint density at radius 2 is 2.12 bits per heavy atom. The van der Waals surface area contributed by atoms with Crippen LogP contribution in [0.2, 0.25) is 0 Å². The van der Waals surface area contributed by atoms with Gasteiger partial charge >= 0.3 is 0 Å². The SMILES string of the molecule is Oc1ccc2c(c1)C(CN1CCOCC1)CC2. The molecule has 1 aromatic carbocycles. The van der Waals surface area contributed by atoms with Gasteiger partial charge in [-0.25, -0.2) is 0 Å². The number of aryl methyl sites for hydroxylation is 1. The van der Waals surface area contributed by atoms with E-state index in [9.17, 15) is 5.11 Å². The Hall–Kier alpha value is -1.06. The van der Waals surface area contributed by atoms with E-state index in [-0.39, 0.29) is 0 Å². The van der Waals surface area contributed by atoms with Gasteiger partial charge < -0.3 is 9.84 Å². The molecule has 3 heteroatoms. The van der Waals surface area contributed by atoms with E-state index in [1.54, 1.807) is 6.07 Å². The molecule has 3 rings (SSSR count). The number of morpholine rings is 1. The molecule has 1 N–H and O–H groups in total. The van der Waals surface area contributed by atoms with Crippen LogP contribution in [0.3, 0.4) is 0 Å². The summed E-state index contributed by atoms with van der Waals surface area (Å²) in [6.45, 7) is 4.92. The molecule has 2 aliphatic rings. The van der Waals surface area contributed by atoms with Gasteiger partial charge in [0, 0.05) is 19.6 Å². The van der Waals surface area contributed by atoms with Crippen molar-refractivity contribution < 1.29 is 9.84 Å². The van der Waals surface area contributed by atoms with E-state index in [0.29, 0.717) is 11.7 Å². The quantitative estimate of drug-likeness (QED) is 0.844. The van der Waals surface area contributed by atoms with E-state index < -0.39 is 0 Å². The number of rotatable bonds is 2. The second kappa shape index (κ2) is 4.67. The summed E-state index contributed by atoms with van der Waals surface area (Å²) in [5, 5.41) is 9.59. The van der Waals surface area contributed by atoms with Crippen molar-refractivity contribution in [2.45, 2.75) is 18.8 Å². The summed E-state index contributed by atoms with van der Waals surface area (Å²) in [4.78, 5) is 2.48. The summed E-state index contributed by atoms with van der Waals surface area (Å²) >= 11 is 0. The summed E-state index contributed by atoms with van der Waals surface area (Å²) in [5.74, 6) is 0.993. The van der Waals surface area contributed by atoms with E-state index in [2.05, 4.69) is 11.0 Å². The minimum atomic E-state index is 0.401. The van der Waals surface area contributed by atoms with Gasteiger partial charge in [0.2, 0.25) is 0 Å². The molecule has 3 nitrogen and oxygen atoms in total. The number of aromatic hydroxyl groups is 1. The third kappa shape index (κ3) is 2.31. The lowest BCUT2D eigenvalue weighted by Crippen LogP contribution is -2.38. The monoisotopic (exact) mass is 233 g/mol. The topological polar surface area (TPSA) is 32.7 Å². The van der Waals surface area contributed by atoms with Crippen molar-refractivity contribution in [3.8, 4) is 5.75 Å². The zero-order chi connectivity index (χ0) is 11.7. The summed E-state index contributed by atoms with van der Waals surface area (Å²) in [7, 11) is 0. The van der Waals surface area contributed by atoms with Crippen molar-refractivity contribution in [3.05, 3.63) is 29.3 Å². The Morgan fingerprint density at radius 3 is 2.94 bits per heavy atom. The van der Waals surface area contributed by atoms with Crippen LogP contribution in [0.4, 0.5) is 0 Å². The molecule has 0 spiro atoms. The molecule has 0 amide bonds. The lowest BCUT2D eigenvalue weighted by Gasteiger charge is -2.29. The number of hydrogen-bond donors (Lipinski definition) is 1. The first-order chi connectivity index (χ1) is 8.33. The lowest BCUT2D eigenvalue weighted by atomic mass is 10.0. The molecule has 1 fully saturated rings. The van der Waals surface area contributed by atoms with Crippen molar-refractivity contribution in [3.63, 3.8) is 0 Å². The molecule has 1 heterocycles. The number of fused-ring (bicyclic) bond motifs is 1. The number of benzene rings is 1. The number of hydrogen-bond acceptors (Lipinski definition) is 3. The van der Waals surface area contributed by atoms with Gasteiger partial charge in [0.25, 0.3) is 0 Å². The highest BCUT2D eigenvalue weighted by atomic mass is 16.5. The zero-order valence-electron chi connectivity index (χ0n) is 10.1. The van der Waals surface area contributed by atoms with Gasteiger partial charge in [-0.1, -0.05) is 6.07 Å². The summed E-state index contributed by atoms with van der Waals surface area (Å²) in [6, 6.07) is 5.83. The van der Waals surface area contributed by atoms with E-state index in [4.69, 9.17) is 4.74 Å². The zero-order valence-corrected chi connectivity index (χ0v) is 10.1. The fourth-order valence-corrected chi connectivity index (χ4v) is 2.96. The molecule has 1 aliphatic heterocycles. The van der Waals surface area contributed by atoms with Crippen molar-refractivity contribution in [2.24, 2.45) is 0 Å². The van der Waals surface area contributed by atoms with Crippen LogP contribution >= 0.6 is 0 Å². The average Bonchev–Trinajstić information content (AvgIpc) is 2.73. The molecule has 0 aromatic heterocycles. The normalized spacial score (nSPS) is 24.8. The van der Waals surface area contributed by atoms with Gasteiger partial charge in [-0.15, -0.1) is 0 Å². The van der Waals surface area contributed by atoms with Gasteiger partial charge in [-0.2, -0.15) is 0 Å². The van der Waals surface area contributed by atoms with Crippen LogP contribution in [-0.4, -0.2) is 42.9 Å². The Bertz CT molecular complexity index is 399. The van der Waals surface area contributed by atoms with E-state index >= 15 is 0 Å². The maximum absolute atomic E-state index is 9.59. The van der Waals surface area contributed by atoms with Crippen molar-refractivity contribution in [2.75, 3.05) is 32.8 Å². The molecule has 1 aliphatic carbocycles. The molecular formula is C14H19NO2. The van der Waals surface area contributed by atoms with Crippen LogP contribution in [0.5, 0.6) is 5.75 Å². The molecule has 1 saturated heterocycles. The van der Waals surface area contributed by atoms with Crippen molar-refractivity contribution in [1.29, 1.82) is 0 Å². The molecular weight excluding hydrogens is 214 g/mol. The van der Waals surface area contributed by atoms with Gasteiger partial charge in [0.1, 0.15) is 5.75 Å². The van der Waals surface area contributed by atoms with Crippen LogP contribution < -0.4 is 0 Å². The summed E-state index contributed by atoms with van der Waals surface area (Å²) in [5.41, 5.74) is 2.78. The molecule has 1 aromatic rings. The predicted octanol–water partition coefficient (Wildman–Crippen LogP) is 1.75. The largest absolute Gasteiger partial charge is 0.508 e. The summed E-state index contributed by atoms with van der Waals surface area (Å²) < 4.78 is 5.37. The molecule has 1 unspecified atom stereocenters. The van der Waals surface area contributed by atoms with Crippen molar-refractivity contribution >= 4 is 0 Å². The molecule has 0 bridgehead atoms. The van der Waals surface area contributed by atoms with Crippen LogP contribution in [-0.2, 0) is 11.2 Å². The average molecular weight is 233 g/mol. The second-order valence-corrected chi connectivity index (χ2v) is 5.03. The highest BCUT2D eigenvalue weighted by Gasteiger charge is 2.25. The van der Waals surface area contributed by atoms with Crippen LogP contribution in [0.1, 0.15) is 23.5 Å². The minimum absolute atomic E-state index is 0.401. The van der Waals surface area contributed by atoms with E-state index in [1.165, 1.54) is 17.5 Å². The number of phenolic OH excluding ortho intramolecular Hbond substituents is 1. The van der Waals surface area contributed by atoms with Crippen LogP contribution in [0.25, 0.3) is 0 Å². The molecule has 0 radical (unpaired) electrons. The van der Waals surface area contributed by atoms with Gasteiger partial charge in [-0.05, 0) is 42.0 Å². The van der Waals surface area contributed by atoms with Gasteiger partial charge in [0.05, 0.1) is 13.2 Å². The molecule has 0 saturated carbocycles. The Kier molecular flexibility index (Phi) is 3.04. The molecule has 17 heavy (non-hydrogen) atoms. The maximum atomic E-state index is 9.59. The molecule has 1 atom stereocenters. The highest BCUT2D eigenvalue weighted by Crippen LogP contribution is 2.35. The third-order valence-electron chi connectivity index (χ3n) is 3.91. The third-order valence-corrected chi connectivity index (χ3v) is 3.91. The first kappa shape index (κ1) is 11.1. The maximum Gasteiger partial charge on any atom is 0.115 e. The first-order valence-corrected chi connectivity index (χ1v) is 6.45. The fraction of sp³-hybridized carbons (Fsp3) is 0.571. The summed E-state index contributed by atoms with van der Waals surface area (Å²) in [6.07, 6.45) is 2.38. The predicted molar refractivity (Wildman–Crippen MR) is 66.4 cm³/mol. The minimum Gasteiger partial charge on any atom is -0.508 e. The molecule has 92 valence electrons. The second-order valence-electron chi connectivity index (χ2n) is 5.03. The number of nitrogens with zero attached hydrogens (tertiary/aromatic N) is 1. The Labute approximate surface area is 102 Å². The Balaban J connectivity index is 1.72. The van der Waals surface area contributed by atoms with Gasteiger partial charge in [0.15, 0.2) is 0 Å². The van der Waals surface area contributed by atoms with Crippen LogP contribution in [0.15, 0.2) is 18.2 Å². The van der Waals surface area contributed by atoms with E-state index in [1.807, 2.05) is 6.07 Å². The number of phenols is 1.